The van der Waals surface area contributed by atoms with Crippen LogP contribution in [0.25, 0.3) is 0 Å². The first-order valence-electron chi connectivity index (χ1n) is 5.32. The first-order chi connectivity index (χ1) is 7.89. The quantitative estimate of drug-likeness (QED) is 0.642. The first-order valence-corrected chi connectivity index (χ1v) is 6.76. The van der Waals surface area contributed by atoms with Gasteiger partial charge in [0.2, 0.25) is 0 Å². The van der Waals surface area contributed by atoms with E-state index in [4.69, 9.17) is 9.66 Å². The predicted octanol–water partition coefficient (Wildman–Crippen LogP) is 0.582. The fourth-order valence-corrected chi connectivity index (χ4v) is 1.83. The predicted molar refractivity (Wildman–Crippen MR) is 64.5 cm³/mol. The Morgan fingerprint density at radius 1 is 1.29 bits per heavy atom. The smallest absolute Gasteiger partial charge is 0.294 e. The molecule has 1 aliphatic rings. The Balaban J connectivity index is 0.000000202. The van der Waals surface area contributed by atoms with Gasteiger partial charge in [0.05, 0.1) is 11.0 Å². The van der Waals surface area contributed by atoms with Gasteiger partial charge in [0, 0.05) is 6.54 Å². The minimum atomic E-state index is -4.02. The molecule has 2 rings (SSSR count). The summed E-state index contributed by atoms with van der Waals surface area (Å²) in [5.41, 5.74) is 0.956. The lowest BCUT2D eigenvalue weighted by Crippen LogP contribution is -2.11. The summed E-state index contributed by atoms with van der Waals surface area (Å²) in [7, 11) is -4.02. The summed E-state index contributed by atoms with van der Waals surface area (Å²) in [6.07, 6.45) is 0.866. The zero-order chi connectivity index (χ0) is 12.9. The molecule has 1 heterocycles. The lowest BCUT2D eigenvalue weighted by molar-refractivity contribution is 0.196. The van der Waals surface area contributed by atoms with E-state index in [1.54, 1.807) is 12.1 Å². The maximum atomic E-state index is 10.5. The van der Waals surface area contributed by atoms with E-state index in [-0.39, 0.29) is 11.0 Å². The highest BCUT2D eigenvalue weighted by Crippen LogP contribution is 2.08. The largest absolute Gasteiger partial charge is 0.392 e. The van der Waals surface area contributed by atoms with Crippen LogP contribution in [-0.4, -0.2) is 37.3 Å². The standard InChI is InChI=1S/C7H8O3S.C4H9NO/c1-6-2-4-7(5-3-6)11(8,9)10;6-4-1-2-5-3-4/h2-5H,1H3,(H,8,9,10);4-6H,1-3H2/t;4-/m.0/s1. The van der Waals surface area contributed by atoms with Gasteiger partial charge in [-0.25, -0.2) is 0 Å². The normalized spacial score (nSPS) is 19.6. The molecule has 0 aliphatic carbocycles. The van der Waals surface area contributed by atoms with Gasteiger partial charge in [-0.3, -0.25) is 4.55 Å². The molecule has 3 N–H and O–H groups in total. The Hall–Kier alpha value is -0.950. The van der Waals surface area contributed by atoms with Crippen molar-refractivity contribution in [2.24, 2.45) is 0 Å². The highest BCUT2D eigenvalue weighted by molar-refractivity contribution is 7.85. The van der Waals surface area contributed by atoms with E-state index in [9.17, 15) is 8.42 Å². The van der Waals surface area contributed by atoms with Crippen LogP contribution in [0.15, 0.2) is 29.2 Å². The molecular weight excluding hydrogens is 242 g/mol. The van der Waals surface area contributed by atoms with Gasteiger partial charge in [-0.2, -0.15) is 8.42 Å². The van der Waals surface area contributed by atoms with Crippen molar-refractivity contribution in [1.82, 2.24) is 5.32 Å². The van der Waals surface area contributed by atoms with Crippen LogP contribution in [0.2, 0.25) is 0 Å². The van der Waals surface area contributed by atoms with Crippen LogP contribution in [0, 0.1) is 6.92 Å². The zero-order valence-corrected chi connectivity index (χ0v) is 10.4. The van der Waals surface area contributed by atoms with Crippen molar-refractivity contribution in [1.29, 1.82) is 0 Å². The van der Waals surface area contributed by atoms with Gasteiger partial charge in [-0.15, -0.1) is 0 Å². The maximum absolute atomic E-state index is 10.5. The summed E-state index contributed by atoms with van der Waals surface area (Å²) >= 11 is 0. The molecule has 1 aromatic carbocycles. The van der Waals surface area contributed by atoms with Gasteiger partial charge < -0.3 is 10.4 Å². The van der Waals surface area contributed by atoms with E-state index in [1.165, 1.54) is 12.1 Å². The van der Waals surface area contributed by atoms with Crippen LogP contribution in [0.4, 0.5) is 0 Å². The molecule has 1 atom stereocenters. The lowest BCUT2D eigenvalue weighted by Gasteiger charge is -1.95. The van der Waals surface area contributed by atoms with E-state index in [1.807, 2.05) is 6.92 Å². The molecule has 0 aromatic heterocycles. The first kappa shape index (κ1) is 14.1. The molecule has 0 radical (unpaired) electrons. The molecule has 17 heavy (non-hydrogen) atoms. The summed E-state index contributed by atoms with van der Waals surface area (Å²) in [5.74, 6) is 0. The molecular formula is C11H17NO4S. The average Bonchev–Trinajstić information content (AvgIpc) is 2.69. The number of hydrogen-bond donors (Lipinski definition) is 3. The maximum Gasteiger partial charge on any atom is 0.294 e. The van der Waals surface area contributed by atoms with Crippen LogP contribution in [0.1, 0.15) is 12.0 Å². The van der Waals surface area contributed by atoms with Crippen molar-refractivity contribution < 1.29 is 18.1 Å². The fraction of sp³-hybridized carbons (Fsp3) is 0.455. The van der Waals surface area contributed by atoms with Crippen molar-refractivity contribution in [3.8, 4) is 0 Å². The average molecular weight is 259 g/mol. The summed E-state index contributed by atoms with van der Waals surface area (Å²) in [4.78, 5) is -0.0666. The molecule has 0 amide bonds. The summed E-state index contributed by atoms with van der Waals surface area (Å²) in [6.45, 7) is 3.62. The van der Waals surface area contributed by atoms with Crippen molar-refractivity contribution in [2.45, 2.75) is 24.3 Å². The number of aliphatic hydroxyl groups is 1. The van der Waals surface area contributed by atoms with Gasteiger partial charge in [-0.1, -0.05) is 17.7 Å². The molecule has 6 heteroatoms. The summed E-state index contributed by atoms with van der Waals surface area (Å²) < 4.78 is 29.6. The van der Waals surface area contributed by atoms with Crippen LogP contribution in [0.3, 0.4) is 0 Å². The topological polar surface area (TPSA) is 86.6 Å². The Morgan fingerprint density at radius 2 is 1.88 bits per heavy atom. The third-order valence-electron chi connectivity index (χ3n) is 2.35. The third kappa shape index (κ3) is 5.27. The van der Waals surface area contributed by atoms with Gasteiger partial charge in [0.25, 0.3) is 10.1 Å². The van der Waals surface area contributed by atoms with E-state index in [2.05, 4.69) is 5.32 Å². The Bertz CT molecular complexity index is 435. The molecule has 0 bridgehead atoms. The highest BCUT2D eigenvalue weighted by Gasteiger charge is 2.08. The number of β-amino-alcohol motifs (C(OH)–C–C–N with tert-alkyl or cyclic N) is 1. The second-order valence-corrected chi connectivity index (χ2v) is 5.36. The Kier molecular flexibility index (Phi) is 5.07. The number of aliphatic hydroxyl groups excluding tert-OH is 1. The molecule has 0 unspecified atom stereocenters. The van der Waals surface area contributed by atoms with Crippen LogP contribution in [0.5, 0.6) is 0 Å². The Morgan fingerprint density at radius 3 is 2.18 bits per heavy atom. The number of aryl methyl sites for hydroxylation is 1. The molecule has 0 spiro atoms. The third-order valence-corrected chi connectivity index (χ3v) is 3.22. The minimum absolute atomic E-state index is 0.0648. The van der Waals surface area contributed by atoms with Gasteiger partial charge in [-0.05, 0) is 32.0 Å². The van der Waals surface area contributed by atoms with Gasteiger partial charge in [0.15, 0.2) is 0 Å². The SMILES string of the molecule is Cc1ccc(S(=O)(=O)O)cc1.O[C@H]1CCNC1. The number of rotatable bonds is 1. The van der Waals surface area contributed by atoms with Gasteiger partial charge in [0.1, 0.15) is 0 Å². The van der Waals surface area contributed by atoms with E-state index in [0.29, 0.717) is 0 Å². The second-order valence-electron chi connectivity index (χ2n) is 3.93. The van der Waals surface area contributed by atoms with Gasteiger partial charge >= 0.3 is 0 Å². The van der Waals surface area contributed by atoms with Crippen LogP contribution in [-0.2, 0) is 10.1 Å². The van der Waals surface area contributed by atoms with E-state index >= 15 is 0 Å². The molecule has 1 fully saturated rings. The zero-order valence-electron chi connectivity index (χ0n) is 9.63. The van der Waals surface area contributed by atoms with Crippen LogP contribution >= 0.6 is 0 Å². The Labute approximate surface area is 101 Å². The minimum Gasteiger partial charge on any atom is -0.392 e. The van der Waals surface area contributed by atoms with E-state index in [0.717, 1.165) is 25.1 Å². The molecule has 1 aliphatic heterocycles. The number of nitrogens with one attached hydrogen (secondary N) is 1. The summed E-state index contributed by atoms with van der Waals surface area (Å²) in [5, 5.41) is 11.7. The summed E-state index contributed by atoms with van der Waals surface area (Å²) in [6, 6.07) is 5.99. The molecule has 5 nitrogen and oxygen atoms in total. The monoisotopic (exact) mass is 259 g/mol. The van der Waals surface area contributed by atoms with Crippen molar-refractivity contribution in [3.63, 3.8) is 0 Å². The fourth-order valence-electron chi connectivity index (χ4n) is 1.35. The molecule has 96 valence electrons. The van der Waals surface area contributed by atoms with Crippen molar-refractivity contribution >= 4 is 10.1 Å². The van der Waals surface area contributed by atoms with Crippen molar-refractivity contribution in [2.75, 3.05) is 13.1 Å². The highest BCUT2D eigenvalue weighted by atomic mass is 32.2. The number of benzene rings is 1. The number of hydrogen-bond acceptors (Lipinski definition) is 4. The molecule has 1 aromatic rings. The van der Waals surface area contributed by atoms with Crippen molar-refractivity contribution in [3.05, 3.63) is 29.8 Å². The molecule has 1 saturated heterocycles. The lowest BCUT2D eigenvalue weighted by atomic mass is 10.2. The van der Waals surface area contributed by atoms with Crippen LogP contribution < -0.4 is 5.32 Å². The second kappa shape index (κ2) is 6.11. The van der Waals surface area contributed by atoms with E-state index < -0.39 is 10.1 Å². The molecule has 0 saturated carbocycles.